The molecular weight excluding hydrogens is 174 g/mol. The lowest BCUT2D eigenvalue weighted by Crippen LogP contribution is -2.27. The average molecular weight is 191 g/mol. The smallest absolute Gasteiger partial charge is 0.128 e. The van der Waals surface area contributed by atoms with Crippen molar-refractivity contribution in [3.05, 3.63) is 23.9 Å². The van der Waals surface area contributed by atoms with Crippen LogP contribution in [0.4, 0.5) is 5.82 Å². The number of nitrogens with zero attached hydrogens (tertiary/aromatic N) is 2. The van der Waals surface area contributed by atoms with Crippen molar-refractivity contribution in [3.8, 4) is 0 Å². The van der Waals surface area contributed by atoms with Gasteiger partial charge in [0.2, 0.25) is 0 Å². The van der Waals surface area contributed by atoms with Gasteiger partial charge in [-0.25, -0.2) is 4.98 Å². The van der Waals surface area contributed by atoms with E-state index in [9.17, 15) is 0 Å². The third-order valence-corrected chi connectivity index (χ3v) is 2.89. The summed E-state index contributed by atoms with van der Waals surface area (Å²) in [6, 6.07) is 4.77. The third kappa shape index (κ3) is 1.73. The maximum Gasteiger partial charge on any atom is 0.128 e. The summed E-state index contributed by atoms with van der Waals surface area (Å²) < 4.78 is 0. The summed E-state index contributed by atoms with van der Waals surface area (Å²) in [7, 11) is 0. The minimum absolute atomic E-state index is 0.572. The van der Waals surface area contributed by atoms with Crippen molar-refractivity contribution in [2.75, 3.05) is 11.4 Å². The molecule has 14 heavy (non-hydrogen) atoms. The summed E-state index contributed by atoms with van der Waals surface area (Å²) in [5.74, 6) is 1.09. The Kier molecular flexibility index (Phi) is 2.68. The summed E-state index contributed by atoms with van der Waals surface area (Å²) in [6.07, 6.45) is 4.43. The van der Waals surface area contributed by atoms with Gasteiger partial charge in [-0.1, -0.05) is 6.07 Å². The van der Waals surface area contributed by atoms with Gasteiger partial charge in [0.1, 0.15) is 5.82 Å². The van der Waals surface area contributed by atoms with Gasteiger partial charge in [-0.2, -0.15) is 0 Å². The molecule has 2 heterocycles. The van der Waals surface area contributed by atoms with Crippen LogP contribution in [0.1, 0.15) is 25.3 Å². The largest absolute Gasteiger partial charge is 0.354 e. The molecule has 0 aliphatic carbocycles. The van der Waals surface area contributed by atoms with Crippen molar-refractivity contribution in [3.63, 3.8) is 0 Å². The van der Waals surface area contributed by atoms with Crippen LogP contribution in [0, 0.1) is 0 Å². The molecule has 1 aliphatic rings. The zero-order chi connectivity index (χ0) is 9.97. The fourth-order valence-corrected chi connectivity index (χ4v) is 1.98. The molecule has 1 fully saturated rings. The SMILES string of the molecule is CC1CCCN1c1ccc(CN)cn1. The second-order valence-electron chi connectivity index (χ2n) is 3.91. The molecule has 2 rings (SSSR count). The van der Waals surface area contributed by atoms with Crippen LogP contribution in [0.15, 0.2) is 18.3 Å². The van der Waals surface area contributed by atoms with Crippen molar-refractivity contribution in [1.82, 2.24) is 4.98 Å². The van der Waals surface area contributed by atoms with E-state index in [-0.39, 0.29) is 0 Å². The molecule has 0 amide bonds. The Balaban J connectivity index is 2.16. The fourth-order valence-electron chi connectivity index (χ4n) is 1.98. The fraction of sp³-hybridized carbons (Fsp3) is 0.545. The van der Waals surface area contributed by atoms with E-state index in [0.717, 1.165) is 17.9 Å². The van der Waals surface area contributed by atoms with Crippen molar-refractivity contribution < 1.29 is 0 Å². The second-order valence-corrected chi connectivity index (χ2v) is 3.91. The molecule has 1 aromatic heterocycles. The molecule has 1 aliphatic heterocycles. The van der Waals surface area contributed by atoms with Crippen LogP contribution in [0.3, 0.4) is 0 Å². The van der Waals surface area contributed by atoms with E-state index in [2.05, 4.69) is 28.9 Å². The summed E-state index contributed by atoms with van der Waals surface area (Å²) in [5, 5.41) is 0. The van der Waals surface area contributed by atoms with Gasteiger partial charge in [0.15, 0.2) is 0 Å². The monoisotopic (exact) mass is 191 g/mol. The van der Waals surface area contributed by atoms with Crippen molar-refractivity contribution >= 4 is 5.82 Å². The van der Waals surface area contributed by atoms with E-state index in [1.165, 1.54) is 12.8 Å². The molecule has 1 atom stereocenters. The highest BCUT2D eigenvalue weighted by molar-refractivity contribution is 5.41. The molecule has 3 nitrogen and oxygen atoms in total. The molecule has 0 radical (unpaired) electrons. The second kappa shape index (κ2) is 3.96. The van der Waals surface area contributed by atoms with Gasteiger partial charge in [0.05, 0.1) is 0 Å². The van der Waals surface area contributed by atoms with Crippen molar-refractivity contribution in [2.45, 2.75) is 32.4 Å². The number of nitrogens with two attached hydrogens (primary N) is 1. The van der Waals surface area contributed by atoms with E-state index in [1.54, 1.807) is 0 Å². The van der Waals surface area contributed by atoms with Crippen LogP contribution >= 0.6 is 0 Å². The Morgan fingerprint density at radius 2 is 2.43 bits per heavy atom. The first kappa shape index (κ1) is 9.46. The molecular formula is C11H17N3. The molecule has 0 saturated carbocycles. The average Bonchev–Trinajstić information content (AvgIpc) is 2.65. The summed E-state index contributed by atoms with van der Waals surface area (Å²) in [5.41, 5.74) is 6.62. The van der Waals surface area contributed by atoms with Gasteiger partial charge in [-0.15, -0.1) is 0 Å². The Labute approximate surface area is 84.9 Å². The molecule has 2 N–H and O–H groups in total. The Bertz CT molecular complexity index is 294. The van der Waals surface area contributed by atoms with Crippen molar-refractivity contribution in [2.24, 2.45) is 5.73 Å². The third-order valence-electron chi connectivity index (χ3n) is 2.89. The number of anilines is 1. The number of pyridine rings is 1. The van der Waals surface area contributed by atoms with E-state index in [0.29, 0.717) is 12.6 Å². The van der Waals surface area contributed by atoms with Crippen LogP contribution < -0.4 is 10.6 Å². The van der Waals surface area contributed by atoms with Gasteiger partial charge >= 0.3 is 0 Å². The van der Waals surface area contributed by atoms with Crippen LogP contribution in [0.5, 0.6) is 0 Å². The number of hydrogen-bond donors (Lipinski definition) is 1. The quantitative estimate of drug-likeness (QED) is 0.770. The summed E-state index contributed by atoms with van der Waals surface area (Å²) in [6.45, 7) is 3.96. The Morgan fingerprint density at radius 3 is 2.93 bits per heavy atom. The number of aromatic nitrogens is 1. The molecule has 3 heteroatoms. The van der Waals surface area contributed by atoms with E-state index < -0.39 is 0 Å². The van der Waals surface area contributed by atoms with Gasteiger partial charge in [-0.05, 0) is 31.4 Å². The zero-order valence-corrected chi connectivity index (χ0v) is 8.61. The van der Waals surface area contributed by atoms with E-state index in [1.807, 2.05) is 6.20 Å². The predicted molar refractivity (Wildman–Crippen MR) is 58.2 cm³/mol. The molecule has 76 valence electrons. The molecule has 0 bridgehead atoms. The minimum Gasteiger partial charge on any atom is -0.354 e. The normalized spacial score (nSPS) is 21.6. The highest BCUT2D eigenvalue weighted by atomic mass is 15.2. The van der Waals surface area contributed by atoms with Crippen molar-refractivity contribution in [1.29, 1.82) is 0 Å². The van der Waals surface area contributed by atoms with Gasteiger partial charge in [-0.3, -0.25) is 0 Å². The highest BCUT2D eigenvalue weighted by Crippen LogP contribution is 2.22. The van der Waals surface area contributed by atoms with E-state index in [4.69, 9.17) is 5.73 Å². The van der Waals surface area contributed by atoms with Crippen LogP contribution in [0.2, 0.25) is 0 Å². The molecule has 1 saturated heterocycles. The standard InChI is InChI=1S/C11H17N3/c1-9-3-2-6-14(9)11-5-4-10(7-12)8-13-11/h4-5,8-9H,2-3,6-7,12H2,1H3. The number of rotatable bonds is 2. The first-order chi connectivity index (χ1) is 6.81. The molecule has 0 aromatic carbocycles. The number of hydrogen-bond acceptors (Lipinski definition) is 3. The van der Waals surface area contributed by atoms with Gasteiger partial charge in [0, 0.05) is 25.3 Å². The topological polar surface area (TPSA) is 42.1 Å². The summed E-state index contributed by atoms with van der Waals surface area (Å²) >= 11 is 0. The van der Waals surface area contributed by atoms with Gasteiger partial charge < -0.3 is 10.6 Å². The molecule has 1 unspecified atom stereocenters. The lowest BCUT2D eigenvalue weighted by atomic mass is 10.2. The van der Waals surface area contributed by atoms with Gasteiger partial charge in [0.25, 0.3) is 0 Å². The first-order valence-corrected chi connectivity index (χ1v) is 5.23. The van der Waals surface area contributed by atoms with Crippen LogP contribution in [-0.4, -0.2) is 17.6 Å². The van der Waals surface area contributed by atoms with Crippen LogP contribution in [-0.2, 0) is 6.54 Å². The maximum absolute atomic E-state index is 5.53. The molecule has 1 aromatic rings. The molecule has 0 spiro atoms. The lowest BCUT2D eigenvalue weighted by molar-refractivity contribution is 0.727. The zero-order valence-electron chi connectivity index (χ0n) is 8.61. The van der Waals surface area contributed by atoms with Crippen LogP contribution in [0.25, 0.3) is 0 Å². The lowest BCUT2D eigenvalue weighted by Gasteiger charge is -2.22. The highest BCUT2D eigenvalue weighted by Gasteiger charge is 2.20. The summed E-state index contributed by atoms with van der Waals surface area (Å²) in [4.78, 5) is 6.79. The predicted octanol–water partition coefficient (Wildman–Crippen LogP) is 1.53. The minimum atomic E-state index is 0.572. The Morgan fingerprint density at radius 1 is 1.57 bits per heavy atom. The maximum atomic E-state index is 5.53. The Hall–Kier alpha value is -1.09. The van der Waals surface area contributed by atoms with E-state index >= 15 is 0 Å². The first-order valence-electron chi connectivity index (χ1n) is 5.23.